The van der Waals surface area contributed by atoms with E-state index in [9.17, 15) is 18.0 Å². The Bertz CT molecular complexity index is 842. The number of halogens is 3. The third kappa shape index (κ3) is 3.87. The minimum Gasteiger partial charge on any atom is -0.378 e. The predicted molar refractivity (Wildman–Crippen MR) is 91.8 cm³/mol. The van der Waals surface area contributed by atoms with Gasteiger partial charge < -0.3 is 14.5 Å². The molecular formula is C16H20F3N7O2. The van der Waals surface area contributed by atoms with Crippen LogP contribution in [0.5, 0.6) is 0 Å². The highest BCUT2D eigenvalue weighted by molar-refractivity contribution is 5.78. The van der Waals surface area contributed by atoms with Gasteiger partial charge in [0.25, 0.3) is 5.82 Å². The second-order valence-electron chi connectivity index (χ2n) is 6.74. The van der Waals surface area contributed by atoms with Crippen molar-refractivity contribution in [2.75, 3.05) is 63.9 Å². The van der Waals surface area contributed by atoms with Gasteiger partial charge in [-0.15, -0.1) is 15.3 Å². The molecule has 28 heavy (non-hydrogen) atoms. The summed E-state index contributed by atoms with van der Waals surface area (Å²) in [4.78, 5) is 18.1. The first-order valence-corrected chi connectivity index (χ1v) is 9.04. The van der Waals surface area contributed by atoms with E-state index in [1.54, 1.807) is 11.0 Å². The Morgan fingerprint density at radius 2 is 1.75 bits per heavy atom. The topological polar surface area (TPSA) is 79.1 Å². The summed E-state index contributed by atoms with van der Waals surface area (Å²) in [7, 11) is 0. The number of fused-ring (bicyclic) bond motifs is 1. The van der Waals surface area contributed by atoms with Crippen LogP contribution in [0.1, 0.15) is 5.82 Å². The minimum absolute atomic E-state index is 0.0471. The van der Waals surface area contributed by atoms with E-state index >= 15 is 0 Å². The Labute approximate surface area is 158 Å². The van der Waals surface area contributed by atoms with E-state index in [0.29, 0.717) is 64.8 Å². The van der Waals surface area contributed by atoms with Crippen molar-refractivity contribution in [3.8, 4) is 0 Å². The van der Waals surface area contributed by atoms with Crippen LogP contribution in [-0.2, 0) is 15.7 Å². The molecular weight excluding hydrogens is 379 g/mol. The van der Waals surface area contributed by atoms with Crippen molar-refractivity contribution >= 4 is 17.4 Å². The molecule has 2 aromatic heterocycles. The number of carbonyl (C=O) groups is 1. The molecule has 0 spiro atoms. The molecule has 9 nitrogen and oxygen atoms in total. The molecule has 2 saturated heterocycles. The molecule has 0 N–H and O–H groups in total. The van der Waals surface area contributed by atoms with Gasteiger partial charge in [0.2, 0.25) is 5.91 Å². The number of aromatic nitrogens is 4. The molecule has 1 amide bonds. The van der Waals surface area contributed by atoms with Crippen LogP contribution in [0.15, 0.2) is 12.1 Å². The van der Waals surface area contributed by atoms with Crippen molar-refractivity contribution in [3.63, 3.8) is 0 Å². The zero-order valence-electron chi connectivity index (χ0n) is 15.1. The van der Waals surface area contributed by atoms with Gasteiger partial charge >= 0.3 is 6.18 Å². The second-order valence-corrected chi connectivity index (χ2v) is 6.74. The average Bonchev–Trinajstić information content (AvgIpc) is 3.13. The van der Waals surface area contributed by atoms with Gasteiger partial charge in [-0.3, -0.25) is 9.69 Å². The highest BCUT2D eigenvalue weighted by atomic mass is 19.4. The summed E-state index contributed by atoms with van der Waals surface area (Å²) < 4.78 is 45.1. The number of hydrogen-bond donors (Lipinski definition) is 0. The van der Waals surface area contributed by atoms with Crippen LogP contribution in [0.25, 0.3) is 5.65 Å². The SMILES string of the molecule is O=C(CN1CCN(c2ccc3nnc(C(F)(F)F)n3n2)CC1)N1CCOCC1. The average molecular weight is 399 g/mol. The number of morpholine rings is 1. The van der Waals surface area contributed by atoms with Crippen LogP contribution in [0.3, 0.4) is 0 Å². The third-order valence-corrected chi connectivity index (χ3v) is 4.92. The maximum atomic E-state index is 13.0. The van der Waals surface area contributed by atoms with E-state index in [1.165, 1.54) is 6.07 Å². The summed E-state index contributed by atoms with van der Waals surface area (Å²) >= 11 is 0. The van der Waals surface area contributed by atoms with Crippen LogP contribution in [0.4, 0.5) is 19.0 Å². The van der Waals surface area contributed by atoms with Crippen LogP contribution in [0.2, 0.25) is 0 Å². The van der Waals surface area contributed by atoms with Crippen LogP contribution in [-0.4, -0.2) is 94.5 Å². The predicted octanol–water partition coefficient (Wildman–Crippen LogP) is 0.124. The number of alkyl halides is 3. The summed E-state index contributed by atoms with van der Waals surface area (Å²) in [6, 6.07) is 3.11. The van der Waals surface area contributed by atoms with Gasteiger partial charge in [-0.25, -0.2) is 0 Å². The molecule has 0 unspecified atom stereocenters. The molecule has 2 aliphatic rings. The van der Waals surface area contributed by atoms with E-state index in [2.05, 4.69) is 15.3 Å². The molecule has 0 aromatic carbocycles. The molecule has 12 heteroatoms. The smallest absolute Gasteiger partial charge is 0.378 e. The first kappa shape index (κ1) is 18.9. The Kier molecular flexibility index (Phi) is 5.06. The molecule has 2 aromatic rings. The van der Waals surface area contributed by atoms with Gasteiger partial charge in [-0.2, -0.15) is 17.7 Å². The fourth-order valence-electron chi connectivity index (χ4n) is 3.36. The molecule has 2 fully saturated rings. The van der Waals surface area contributed by atoms with E-state index in [1.807, 2.05) is 9.80 Å². The summed E-state index contributed by atoms with van der Waals surface area (Å²) in [5, 5.41) is 10.8. The van der Waals surface area contributed by atoms with E-state index in [0.717, 1.165) is 4.52 Å². The van der Waals surface area contributed by atoms with E-state index in [4.69, 9.17) is 4.74 Å². The quantitative estimate of drug-likeness (QED) is 0.726. The molecule has 0 radical (unpaired) electrons. The lowest BCUT2D eigenvalue weighted by atomic mass is 10.3. The van der Waals surface area contributed by atoms with Crippen molar-refractivity contribution in [3.05, 3.63) is 18.0 Å². The van der Waals surface area contributed by atoms with Crippen molar-refractivity contribution in [2.24, 2.45) is 0 Å². The Balaban J connectivity index is 1.39. The van der Waals surface area contributed by atoms with Gasteiger partial charge in [0.1, 0.15) is 5.82 Å². The zero-order valence-corrected chi connectivity index (χ0v) is 15.1. The fraction of sp³-hybridized carbons (Fsp3) is 0.625. The molecule has 4 heterocycles. The number of anilines is 1. The summed E-state index contributed by atoms with van der Waals surface area (Å²) in [6.07, 6.45) is -4.62. The Morgan fingerprint density at radius 1 is 1.04 bits per heavy atom. The molecule has 152 valence electrons. The molecule has 0 bridgehead atoms. The first-order valence-electron chi connectivity index (χ1n) is 9.04. The largest absolute Gasteiger partial charge is 0.453 e. The lowest BCUT2D eigenvalue weighted by molar-refractivity contribution is -0.146. The molecule has 0 aliphatic carbocycles. The van der Waals surface area contributed by atoms with Crippen molar-refractivity contribution < 1.29 is 22.7 Å². The summed E-state index contributed by atoms with van der Waals surface area (Å²) in [5.41, 5.74) is 0.0471. The van der Waals surface area contributed by atoms with E-state index in [-0.39, 0.29) is 11.6 Å². The highest BCUT2D eigenvalue weighted by Crippen LogP contribution is 2.28. The lowest BCUT2D eigenvalue weighted by Gasteiger charge is -2.36. The van der Waals surface area contributed by atoms with Gasteiger partial charge in [0.15, 0.2) is 5.65 Å². The lowest BCUT2D eigenvalue weighted by Crippen LogP contribution is -2.51. The van der Waals surface area contributed by atoms with Gasteiger partial charge in [0.05, 0.1) is 19.8 Å². The maximum Gasteiger partial charge on any atom is 0.453 e. The van der Waals surface area contributed by atoms with Crippen LogP contribution >= 0.6 is 0 Å². The van der Waals surface area contributed by atoms with Crippen LogP contribution in [0, 0.1) is 0 Å². The Morgan fingerprint density at radius 3 is 2.43 bits per heavy atom. The molecule has 2 aliphatic heterocycles. The second kappa shape index (κ2) is 7.51. The third-order valence-electron chi connectivity index (χ3n) is 4.92. The van der Waals surface area contributed by atoms with Crippen LogP contribution < -0.4 is 4.90 Å². The van der Waals surface area contributed by atoms with E-state index < -0.39 is 12.0 Å². The highest BCUT2D eigenvalue weighted by Gasteiger charge is 2.38. The molecule has 0 saturated carbocycles. The summed E-state index contributed by atoms with van der Waals surface area (Å²) in [6.45, 7) is 5.09. The monoisotopic (exact) mass is 399 g/mol. The Hall–Kier alpha value is -2.47. The number of amides is 1. The standard InChI is InChI=1S/C16H20F3N7O2/c17-16(18,19)15-21-20-12-1-2-13(22-26(12)15)24-5-3-23(4-6-24)11-14(27)25-7-9-28-10-8-25/h1-2H,3-11H2. The summed E-state index contributed by atoms with van der Waals surface area (Å²) in [5.74, 6) is -0.633. The normalized spacial score (nSPS) is 19.4. The van der Waals surface area contributed by atoms with Crippen molar-refractivity contribution in [1.29, 1.82) is 0 Å². The molecule has 0 atom stereocenters. The van der Waals surface area contributed by atoms with Crippen molar-refractivity contribution in [1.82, 2.24) is 29.6 Å². The fourth-order valence-corrected chi connectivity index (χ4v) is 3.36. The number of carbonyl (C=O) groups excluding carboxylic acids is 1. The maximum absolute atomic E-state index is 13.0. The van der Waals surface area contributed by atoms with Gasteiger partial charge in [-0.1, -0.05) is 0 Å². The number of hydrogen-bond acceptors (Lipinski definition) is 7. The molecule has 4 rings (SSSR count). The number of rotatable bonds is 3. The zero-order chi connectivity index (χ0) is 19.7. The van der Waals surface area contributed by atoms with Gasteiger partial charge in [-0.05, 0) is 12.1 Å². The minimum atomic E-state index is -4.62. The number of ether oxygens (including phenoxy) is 1. The van der Waals surface area contributed by atoms with Gasteiger partial charge in [0, 0.05) is 39.3 Å². The van der Waals surface area contributed by atoms with Crippen molar-refractivity contribution in [2.45, 2.75) is 6.18 Å². The number of piperazine rings is 1. The number of nitrogens with zero attached hydrogens (tertiary/aromatic N) is 7. The first-order chi connectivity index (χ1) is 13.4.